The van der Waals surface area contributed by atoms with Crippen LogP contribution in [0.1, 0.15) is 11.3 Å². The summed E-state index contributed by atoms with van der Waals surface area (Å²) in [6.07, 6.45) is 5.31. The van der Waals surface area contributed by atoms with Crippen molar-refractivity contribution in [2.45, 2.75) is 13.1 Å². The highest BCUT2D eigenvalue weighted by atomic mass is 15.4. The van der Waals surface area contributed by atoms with E-state index in [4.69, 9.17) is 0 Å². The van der Waals surface area contributed by atoms with E-state index < -0.39 is 0 Å². The minimum absolute atomic E-state index is 0.637. The molecule has 0 bridgehead atoms. The number of fused-ring (bicyclic) bond motifs is 1. The molecular formula is C9H9N5. The first-order valence-corrected chi connectivity index (χ1v) is 4.49. The van der Waals surface area contributed by atoms with Crippen molar-refractivity contribution >= 4 is 0 Å². The Balaban J connectivity index is 2.13. The van der Waals surface area contributed by atoms with E-state index in [0.717, 1.165) is 18.8 Å². The molecule has 3 rings (SSSR count). The Hall–Kier alpha value is -1.75. The molecule has 1 aliphatic rings. The molecule has 1 aliphatic heterocycles. The fraction of sp³-hybridized carbons (Fsp3) is 0.222. The molecule has 0 spiro atoms. The predicted molar refractivity (Wildman–Crippen MR) is 49.7 cm³/mol. The molecule has 0 aromatic carbocycles. The van der Waals surface area contributed by atoms with Gasteiger partial charge in [0, 0.05) is 31.0 Å². The second-order valence-electron chi connectivity index (χ2n) is 3.18. The lowest BCUT2D eigenvalue weighted by Gasteiger charge is -2.01. The molecule has 0 radical (unpaired) electrons. The lowest BCUT2D eigenvalue weighted by atomic mass is 10.3. The standard InChI is InChI=1S/C9H9N5/c1-2-11-9(12-3-1)14-8-6-10-4-7(8)5-13-14/h1-3,5,10H,4,6H2. The highest BCUT2D eigenvalue weighted by molar-refractivity contribution is 5.27. The predicted octanol–water partition coefficient (Wildman–Crippen LogP) is 0.266. The van der Waals surface area contributed by atoms with Gasteiger partial charge in [0.15, 0.2) is 0 Å². The van der Waals surface area contributed by atoms with Crippen LogP contribution in [0, 0.1) is 0 Å². The number of aromatic nitrogens is 4. The van der Waals surface area contributed by atoms with Gasteiger partial charge < -0.3 is 5.32 Å². The second kappa shape index (κ2) is 2.88. The van der Waals surface area contributed by atoms with Gasteiger partial charge in [-0.2, -0.15) is 5.10 Å². The van der Waals surface area contributed by atoms with Crippen molar-refractivity contribution in [2.24, 2.45) is 0 Å². The molecule has 2 aromatic rings. The fourth-order valence-corrected chi connectivity index (χ4v) is 1.63. The third-order valence-electron chi connectivity index (χ3n) is 2.30. The third kappa shape index (κ3) is 1.03. The number of nitrogens with one attached hydrogen (secondary N) is 1. The summed E-state index contributed by atoms with van der Waals surface area (Å²) in [4.78, 5) is 8.32. The molecule has 5 nitrogen and oxygen atoms in total. The van der Waals surface area contributed by atoms with Gasteiger partial charge in [-0.1, -0.05) is 0 Å². The summed E-state index contributed by atoms with van der Waals surface area (Å²) in [5.41, 5.74) is 2.40. The molecule has 0 saturated carbocycles. The molecule has 3 heterocycles. The van der Waals surface area contributed by atoms with Crippen molar-refractivity contribution in [3.05, 3.63) is 35.9 Å². The van der Waals surface area contributed by atoms with E-state index in [-0.39, 0.29) is 0 Å². The van der Waals surface area contributed by atoms with Crippen LogP contribution in [0.15, 0.2) is 24.7 Å². The summed E-state index contributed by atoms with van der Waals surface area (Å²) in [6.45, 7) is 1.73. The van der Waals surface area contributed by atoms with Crippen LogP contribution in [0.4, 0.5) is 0 Å². The zero-order valence-electron chi connectivity index (χ0n) is 7.51. The van der Waals surface area contributed by atoms with Gasteiger partial charge in [-0.05, 0) is 6.07 Å². The van der Waals surface area contributed by atoms with E-state index in [1.54, 1.807) is 23.1 Å². The normalized spacial score (nSPS) is 14.3. The van der Waals surface area contributed by atoms with Gasteiger partial charge in [0.05, 0.1) is 11.9 Å². The number of rotatable bonds is 1. The quantitative estimate of drug-likeness (QED) is 0.696. The lowest BCUT2D eigenvalue weighted by Crippen LogP contribution is -2.09. The Morgan fingerprint density at radius 2 is 2.07 bits per heavy atom. The molecule has 14 heavy (non-hydrogen) atoms. The maximum Gasteiger partial charge on any atom is 0.250 e. The van der Waals surface area contributed by atoms with Crippen molar-refractivity contribution in [2.75, 3.05) is 0 Å². The fourth-order valence-electron chi connectivity index (χ4n) is 1.63. The van der Waals surface area contributed by atoms with E-state index in [1.165, 1.54) is 5.56 Å². The van der Waals surface area contributed by atoms with Gasteiger partial charge >= 0.3 is 0 Å². The zero-order valence-corrected chi connectivity index (χ0v) is 7.51. The summed E-state index contributed by atoms with van der Waals surface area (Å²) in [5.74, 6) is 0.637. The highest BCUT2D eigenvalue weighted by Crippen LogP contribution is 2.16. The van der Waals surface area contributed by atoms with Crippen molar-refractivity contribution in [3.8, 4) is 5.95 Å². The van der Waals surface area contributed by atoms with Crippen LogP contribution >= 0.6 is 0 Å². The maximum absolute atomic E-state index is 4.26. The minimum Gasteiger partial charge on any atom is -0.307 e. The van der Waals surface area contributed by atoms with E-state index in [2.05, 4.69) is 20.4 Å². The Morgan fingerprint density at radius 1 is 1.21 bits per heavy atom. The van der Waals surface area contributed by atoms with E-state index in [9.17, 15) is 0 Å². The average Bonchev–Trinajstić information content (AvgIpc) is 2.79. The zero-order chi connectivity index (χ0) is 9.38. The second-order valence-corrected chi connectivity index (χ2v) is 3.18. The van der Waals surface area contributed by atoms with Crippen LogP contribution in [0.2, 0.25) is 0 Å². The molecule has 1 N–H and O–H groups in total. The Labute approximate surface area is 80.8 Å². The van der Waals surface area contributed by atoms with Crippen molar-refractivity contribution < 1.29 is 0 Å². The van der Waals surface area contributed by atoms with Gasteiger partial charge in [0.25, 0.3) is 5.95 Å². The Kier molecular flexibility index (Phi) is 1.57. The molecule has 0 atom stereocenters. The molecule has 0 amide bonds. The summed E-state index contributed by atoms with van der Waals surface area (Å²) in [5, 5.41) is 7.52. The van der Waals surface area contributed by atoms with E-state index >= 15 is 0 Å². The molecule has 0 fully saturated rings. The number of hydrogen-bond acceptors (Lipinski definition) is 4. The van der Waals surface area contributed by atoms with Gasteiger partial charge in [-0.3, -0.25) is 0 Å². The van der Waals surface area contributed by atoms with Gasteiger partial charge in [-0.25, -0.2) is 14.6 Å². The van der Waals surface area contributed by atoms with Gasteiger partial charge in [0.1, 0.15) is 0 Å². The molecule has 0 aliphatic carbocycles. The Bertz CT molecular complexity index is 447. The van der Waals surface area contributed by atoms with Crippen molar-refractivity contribution in [3.63, 3.8) is 0 Å². The van der Waals surface area contributed by atoms with Crippen LogP contribution in [0.25, 0.3) is 5.95 Å². The molecule has 2 aromatic heterocycles. The molecule has 5 heteroatoms. The van der Waals surface area contributed by atoms with E-state index in [0.29, 0.717) is 5.95 Å². The molecule has 0 unspecified atom stereocenters. The van der Waals surface area contributed by atoms with Gasteiger partial charge in [-0.15, -0.1) is 0 Å². The number of nitrogens with zero attached hydrogens (tertiary/aromatic N) is 4. The van der Waals surface area contributed by atoms with Crippen LogP contribution in [0.3, 0.4) is 0 Å². The molecular weight excluding hydrogens is 178 g/mol. The number of hydrogen-bond donors (Lipinski definition) is 1. The SMILES string of the molecule is c1cnc(-n2ncc3c2CNC3)nc1. The van der Waals surface area contributed by atoms with Crippen LogP contribution in [-0.4, -0.2) is 19.7 Å². The summed E-state index contributed by atoms with van der Waals surface area (Å²) >= 11 is 0. The molecule has 70 valence electrons. The van der Waals surface area contributed by atoms with Crippen LogP contribution < -0.4 is 5.32 Å². The summed E-state index contributed by atoms with van der Waals surface area (Å²) in [7, 11) is 0. The monoisotopic (exact) mass is 187 g/mol. The summed E-state index contributed by atoms with van der Waals surface area (Å²) < 4.78 is 1.79. The topological polar surface area (TPSA) is 55.6 Å². The van der Waals surface area contributed by atoms with Crippen LogP contribution in [0.5, 0.6) is 0 Å². The highest BCUT2D eigenvalue weighted by Gasteiger charge is 2.17. The van der Waals surface area contributed by atoms with Crippen molar-refractivity contribution in [1.82, 2.24) is 25.1 Å². The third-order valence-corrected chi connectivity index (χ3v) is 2.30. The molecule has 0 saturated heterocycles. The van der Waals surface area contributed by atoms with Crippen LogP contribution in [-0.2, 0) is 13.1 Å². The smallest absolute Gasteiger partial charge is 0.250 e. The maximum atomic E-state index is 4.26. The Morgan fingerprint density at radius 3 is 2.93 bits per heavy atom. The first kappa shape index (κ1) is 7.64. The average molecular weight is 187 g/mol. The summed E-state index contributed by atoms with van der Waals surface area (Å²) in [6, 6.07) is 1.80. The van der Waals surface area contributed by atoms with Gasteiger partial charge in [0.2, 0.25) is 0 Å². The lowest BCUT2D eigenvalue weighted by molar-refractivity contribution is 0.694. The minimum atomic E-state index is 0.637. The first-order chi connectivity index (χ1) is 6.95. The largest absolute Gasteiger partial charge is 0.307 e. The first-order valence-electron chi connectivity index (χ1n) is 4.49. The van der Waals surface area contributed by atoms with Crippen molar-refractivity contribution in [1.29, 1.82) is 0 Å². The van der Waals surface area contributed by atoms with E-state index in [1.807, 2.05) is 6.20 Å².